The molecule has 3 aromatic rings. The van der Waals surface area contributed by atoms with Crippen LogP contribution in [0.4, 0.5) is 20.7 Å². The van der Waals surface area contributed by atoms with E-state index in [9.17, 15) is 18.8 Å². The number of likely N-dealkylation sites (N-methyl/N-ethyl adjacent to an activating group) is 1. The van der Waals surface area contributed by atoms with Crippen molar-refractivity contribution in [2.24, 2.45) is 13.0 Å². The first-order valence-corrected chi connectivity index (χ1v) is 12.4. The highest BCUT2D eigenvalue weighted by molar-refractivity contribution is 6.12. The summed E-state index contributed by atoms with van der Waals surface area (Å²) >= 11 is 0. The maximum Gasteiger partial charge on any atom is 0.325 e. The molecule has 1 fully saturated rings. The van der Waals surface area contributed by atoms with E-state index in [-0.39, 0.29) is 12.2 Å². The number of benzene rings is 1. The molecule has 0 radical (unpaired) electrons. The molecule has 3 atom stereocenters. The van der Waals surface area contributed by atoms with E-state index < -0.39 is 35.8 Å². The highest BCUT2D eigenvalue weighted by Gasteiger charge is 2.55. The zero-order valence-electron chi connectivity index (χ0n) is 22.1. The Balaban J connectivity index is 1.61. The third-order valence-corrected chi connectivity index (χ3v) is 6.87. The first kappa shape index (κ1) is 26.8. The molecule has 4 amide bonds. The Bertz CT molecular complexity index is 1370. The van der Waals surface area contributed by atoms with Gasteiger partial charge < -0.3 is 16.0 Å². The first-order valence-electron chi connectivity index (χ1n) is 12.4. The van der Waals surface area contributed by atoms with Gasteiger partial charge in [-0.25, -0.2) is 14.2 Å². The summed E-state index contributed by atoms with van der Waals surface area (Å²) in [5, 5.41) is 6.97. The standard InChI is InChI=1S/C27H32FN7O3/c1-6-22(18-7-8-21(28)15(2)9-18)32-27(38)35-24(26(37)34(5)19-13-30-33(4)14-19)20(25(35)36)11-17-10-16(3)31-23(29)12-17/h7-10,12-14,20,22,24H,6,11H2,1-5H3,(H2,29,31)(H,32,38)/t20-,22-,24+/m1/s1. The van der Waals surface area contributed by atoms with Crippen LogP contribution in [0.2, 0.25) is 0 Å². The molecule has 0 spiro atoms. The number of nitrogens with zero attached hydrogens (tertiary/aromatic N) is 5. The van der Waals surface area contributed by atoms with Crippen molar-refractivity contribution >= 4 is 29.4 Å². The number of likely N-dealkylation sites (tertiary alicyclic amines) is 1. The fourth-order valence-corrected chi connectivity index (χ4v) is 4.83. The summed E-state index contributed by atoms with van der Waals surface area (Å²) in [7, 11) is 3.31. The van der Waals surface area contributed by atoms with E-state index in [1.54, 1.807) is 57.0 Å². The number of nitrogen functional groups attached to an aromatic ring is 1. The number of anilines is 2. The molecule has 4 rings (SSSR count). The van der Waals surface area contributed by atoms with Crippen molar-refractivity contribution in [2.75, 3.05) is 17.7 Å². The fourth-order valence-electron chi connectivity index (χ4n) is 4.83. The minimum atomic E-state index is -1.03. The summed E-state index contributed by atoms with van der Waals surface area (Å²) < 4.78 is 15.4. The molecule has 0 unspecified atom stereocenters. The Morgan fingerprint density at radius 2 is 1.97 bits per heavy atom. The van der Waals surface area contributed by atoms with Gasteiger partial charge in [-0.3, -0.25) is 19.2 Å². The minimum absolute atomic E-state index is 0.224. The SMILES string of the molecule is CC[C@@H](NC(=O)N1C(=O)[C@H](Cc2cc(C)nc(N)c2)[C@H]1C(=O)N(C)c1cnn(C)c1)c1ccc(F)c(C)c1. The summed E-state index contributed by atoms with van der Waals surface area (Å²) in [5.41, 5.74) is 9.04. The molecule has 200 valence electrons. The van der Waals surface area contributed by atoms with E-state index in [1.165, 1.54) is 17.2 Å². The van der Waals surface area contributed by atoms with Gasteiger partial charge in [-0.1, -0.05) is 19.1 Å². The van der Waals surface area contributed by atoms with E-state index in [0.717, 1.165) is 10.5 Å². The molecule has 1 saturated heterocycles. The number of imide groups is 1. The van der Waals surface area contributed by atoms with Crippen molar-refractivity contribution in [1.82, 2.24) is 25.0 Å². The lowest BCUT2D eigenvalue weighted by atomic mass is 9.81. The number of rotatable bonds is 7. The smallest absolute Gasteiger partial charge is 0.325 e. The molecule has 0 saturated carbocycles. The van der Waals surface area contributed by atoms with Crippen molar-refractivity contribution in [2.45, 2.75) is 45.7 Å². The van der Waals surface area contributed by atoms with E-state index >= 15 is 0 Å². The average molecular weight is 522 g/mol. The van der Waals surface area contributed by atoms with Crippen LogP contribution in [0.3, 0.4) is 0 Å². The van der Waals surface area contributed by atoms with Gasteiger partial charge in [-0.15, -0.1) is 0 Å². The summed E-state index contributed by atoms with van der Waals surface area (Å²) in [6.45, 7) is 5.32. The molecule has 1 aliphatic rings. The Morgan fingerprint density at radius 1 is 1.24 bits per heavy atom. The van der Waals surface area contributed by atoms with Gasteiger partial charge >= 0.3 is 6.03 Å². The van der Waals surface area contributed by atoms with Crippen LogP contribution in [0.5, 0.6) is 0 Å². The van der Waals surface area contributed by atoms with E-state index in [1.807, 2.05) is 13.0 Å². The minimum Gasteiger partial charge on any atom is -0.384 e. The van der Waals surface area contributed by atoms with Crippen LogP contribution in [0.25, 0.3) is 0 Å². The molecule has 1 aromatic carbocycles. The number of pyridine rings is 1. The van der Waals surface area contributed by atoms with E-state index in [0.29, 0.717) is 34.7 Å². The lowest BCUT2D eigenvalue weighted by Crippen LogP contribution is -2.70. The number of carbonyl (C=O) groups excluding carboxylic acids is 3. The van der Waals surface area contributed by atoms with Crippen LogP contribution in [-0.4, -0.2) is 50.6 Å². The quantitative estimate of drug-likeness (QED) is 0.460. The first-order chi connectivity index (χ1) is 18.0. The van der Waals surface area contributed by atoms with E-state index in [2.05, 4.69) is 15.4 Å². The summed E-state index contributed by atoms with van der Waals surface area (Å²) in [6.07, 6.45) is 3.94. The Labute approximate surface area is 220 Å². The highest BCUT2D eigenvalue weighted by atomic mass is 19.1. The number of amides is 4. The van der Waals surface area contributed by atoms with Gasteiger partial charge in [-0.05, 0) is 61.6 Å². The van der Waals surface area contributed by atoms with Crippen LogP contribution in [-0.2, 0) is 23.1 Å². The zero-order chi connectivity index (χ0) is 27.7. The fraction of sp³-hybridized carbons (Fsp3) is 0.370. The third kappa shape index (κ3) is 5.22. The number of β-lactam (4-membered cyclic amide) rings is 1. The monoisotopic (exact) mass is 521 g/mol. The number of nitrogens with one attached hydrogen (secondary N) is 1. The van der Waals surface area contributed by atoms with Crippen LogP contribution < -0.4 is 16.0 Å². The van der Waals surface area contributed by atoms with Crippen LogP contribution in [0.15, 0.2) is 42.7 Å². The Hall–Kier alpha value is -4.28. The van der Waals surface area contributed by atoms with Gasteiger partial charge in [0.1, 0.15) is 17.7 Å². The number of nitrogens with two attached hydrogens (primary N) is 1. The molecule has 0 aliphatic carbocycles. The number of urea groups is 1. The van der Waals surface area contributed by atoms with Crippen molar-refractivity contribution in [3.05, 3.63) is 70.9 Å². The number of carbonyl (C=O) groups is 3. The maximum atomic E-state index is 13.8. The Kier molecular flexibility index (Phi) is 7.47. The summed E-state index contributed by atoms with van der Waals surface area (Å²) in [6, 6.07) is 5.91. The number of aryl methyl sites for hydroxylation is 3. The topological polar surface area (TPSA) is 126 Å². The van der Waals surface area contributed by atoms with Gasteiger partial charge in [0.25, 0.3) is 5.91 Å². The predicted octanol–water partition coefficient (Wildman–Crippen LogP) is 3.05. The molecule has 10 nitrogen and oxygen atoms in total. The molecule has 3 N–H and O–H groups in total. The third-order valence-electron chi connectivity index (χ3n) is 6.87. The highest BCUT2D eigenvalue weighted by Crippen LogP contribution is 2.33. The molecule has 3 heterocycles. The average Bonchev–Trinajstić information content (AvgIpc) is 3.30. The molecule has 1 aliphatic heterocycles. The van der Waals surface area contributed by atoms with Crippen molar-refractivity contribution in [1.29, 1.82) is 0 Å². The van der Waals surface area contributed by atoms with Crippen LogP contribution >= 0.6 is 0 Å². The van der Waals surface area contributed by atoms with Gasteiger partial charge in [0, 0.05) is 26.0 Å². The number of hydrogen-bond acceptors (Lipinski definition) is 6. The van der Waals surface area contributed by atoms with E-state index in [4.69, 9.17) is 5.73 Å². The van der Waals surface area contributed by atoms with Gasteiger partial charge in [0.15, 0.2) is 0 Å². The number of halogens is 1. The molecular formula is C27H32FN7O3. The second-order valence-corrected chi connectivity index (χ2v) is 9.69. The lowest BCUT2D eigenvalue weighted by Gasteiger charge is -2.46. The second kappa shape index (κ2) is 10.6. The molecule has 0 bridgehead atoms. The predicted molar refractivity (Wildman–Crippen MR) is 141 cm³/mol. The molecule has 2 aromatic heterocycles. The summed E-state index contributed by atoms with van der Waals surface area (Å²) in [4.78, 5) is 47.0. The largest absolute Gasteiger partial charge is 0.384 e. The lowest BCUT2D eigenvalue weighted by molar-refractivity contribution is -0.156. The van der Waals surface area contributed by atoms with Crippen LogP contribution in [0, 0.1) is 25.6 Å². The second-order valence-electron chi connectivity index (χ2n) is 9.69. The summed E-state index contributed by atoms with van der Waals surface area (Å²) in [5.74, 6) is -1.66. The molecular weight excluding hydrogens is 489 g/mol. The van der Waals surface area contributed by atoms with Crippen LogP contribution in [0.1, 0.15) is 41.8 Å². The van der Waals surface area contributed by atoms with Crippen molar-refractivity contribution < 1.29 is 18.8 Å². The van der Waals surface area contributed by atoms with Gasteiger partial charge in [-0.2, -0.15) is 5.10 Å². The normalized spacial score (nSPS) is 17.6. The Morgan fingerprint density at radius 3 is 2.58 bits per heavy atom. The van der Waals surface area contributed by atoms with Crippen molar-refractivity contribution in [3.63, 3.8) is 0 Å². The maximum absolute atomic E-state index is 13.8. The van der Waals surface area contributed by atoms with Gasteiger partial charge in [0.2, 0.25) is 5.91 Å². The molecule has 38 heavy (non-hydrogen) atoms. The zero-order valence-corrected chi connectivity index (χ0v) is 22.1. The number of aromatic nitrogens is 3. The number of hydrogen-bond donors (Lipinski definition) is 2. The molecule has 11 heteroatoms. The van der Waals surface area contributed by atoms with Gasteiger partial charge in [0.05, 0.1) is 23.8 Å². The van der Waals surface area contributed by atoms with Crippen molar-refractivity contribution in [3.8, 4) is 0 Å².